The Labute approximate surface area is 92.8 Å². The highest BCUT2D eigenvalue weighted by Gasteiger charge is 2.13. The van der Waals surface area contributed by atoms with Crippen molar-refractivity contribution in [2.24, 2.45) is 0 Å². The van der Waals surface area contributed by atoms with E-state index in [0.29, 0.717) is 0 Å². The normalized spacial score (nSPS) is 14.1. The highest BCUT2D eigenvalue weighted by molar-refractivity contribution is 7.14. The lowest BCUT2D eigenvalue weighted by atomic mass is 10.0. The lowest BCUT2D eigenvalue weighted by Gasteiger charge is -2.03. The van der Waals surface area contributed by atoms with Crippen molar-refractivity contribution in [1.29, 1.82) is 0 Å². The summed E-state index contributed by atoms with van der Waals surface area (Å²) in [7, 11) is 0. The van der Waals surface area contributed by atoms with Crippen LogP contribution < -0.4 is 5.73 Å². The number of nitrogen functional groups attached to an aromatic ring is 1. The molecule has 0 atom stereocenters. The molecular weight excluding hydrogens is 204 g/mol. The smallest absolute Gasteiger partial charge is 0.114 e. The van der Waals surface area contributed by atoms with Gasteiger partial charge in [0.2, 0.25) is 0 Å². The summed E-state index contributed by atoms with van der Waals surface area (Å²) in [5.74, 6) is 0. The Balaban J connectivity index is 2.11. The minimum absolute atomic E-state index is 0.813. The highest BCUT2D eigenvalue weighted by atomic mass is 32.1. The number of nitrogens with zero attached hydrogens (tertiary/aromatic N) is 1. The Morgan fingerprint density at radius 2 is 2.07 bits per heavy atom. The number of hydrogen-bond acceptors (Lipinski definition) is 3. The number of rotatable bonds is 1. The molecule has 3 heteroatoms. The number of anilines is 1. The Kier molecular flexibility index (Phi) is 1.99. The topological polar surface area (TPSA) is 38.9 Å². The van der Waals surface area contributed by atoms with Gasteiger partial charge >= 0.3 is 0 Å². The van der Waals surface area contributed by atoms with E-state index >= 15 is 0 Å². The summed E-state index contributed by atoms with van der Waals surface area (Å²) in [4.78, 5) is 4.31. The molecule has 0 fully saturated rings. The summed E-state index contributed by atoms with van der Waals surface area (Å²) in [6.45, 7) is 0. The summed E-state index contributed by atoms with van der Waals surface area (Å²) >= 11 is 1.50. The van der Waals surface area contributed by atoms with Crippen molar-refractivity contribution in [1.82, 2.24) is 4.98 Å². The maximum atomic E-state index is 5.87. The van der Waals surface area contributed by atoms with E-state index < -0.39 is 0 Å². The fraction of sp³-hybridized carbons (Fsp3) is 0.250. The third kappa shape index (κ3) is 1.43. The minimum atomic E-state index is 0.813. The van der Waals surface area contributed by atoms with E-state index in [1.54, 1.807) is 5.51 Å². The SMILES string of the molecule is Nc1scnc1-c1ccc2c(c1)CCC2. The van der Waals surface area contributed by atoms with E-state index in [-0.39, 0.29) is 0 Å². The first kappa shape index (κ1) is 8.92. The van der Waals surface area contributed by atoms with Crippen LogP contribution in [-0.2, 0) is 12.8 Å². The molecule has 15 heavy (non-hydrogen) atoms. The number of hydrogen-bond donors (Lipinski definition) is 1. The maximum absolute atomic E-state index is 5.87. The van der Waals surface area contributed by atoms with Crippen molar-refractivity contribution < 1.29 is 0 Å². The third-order valence-electron chi connectivity index (χ3n) is 2.97. The van der Waals surface area contributed by atoms with E-state index in [4.69, 9.17) is 5.73 Å². The van der Waals surface area contributed by atoms with Crippen LogP contribution in [0.5, 0.6) is 0 Å². The van der Waals surface area contributed by atoms with E-state index in [9.17, 15) is 0 Å². The average molecular weight is 216 g/mol. The van der Waals surface area contributed by atoms with Gasteiger partial charge in [-0.1, -0.05) is 12.1 Å². The third-order valence-corrected chi connectivity index (χ3v) is 3.62. The minimum Gasteiger partial charge on any atom is -0.389 e. The molecule has 1 heterocycles. The Hall–Kier alpha value is -1.35. The molecule has 0 unspecified atom stereocenters. The Morgan fingerprint density at radius 3 is 2.87 bits per heavy atom. The zero-order valence-corrected chi connectivity index (χ0v) is 9.18. The Bertz CT molecular complexity index is 502. The van der Waals surface area contributed by atoms with Crippen molar-refractivity contribution in [3.05, 3.63) is 34.8 Å². The molecule has 1 aliphatic carbocycles. The number of thiazole rings is 1. The zero-order valence-electron chi connectivity index (χ0n) is 8.36. The Morgan fingerprint density at radius 1 is 1.20 bits per heavy atom. The number of nitrogens with two attached hydrogens (primary N) is 1. The molecule has 76 valence electrons. The van der Waals surface area contributed by atoms with Gasteiger partial charge in [0.1, 0.15) is 10.7 Å². The van der Waals surface area contributed by atoms with E-state index in [1.807, 2.05) is 0 Å². The van der Waals surface area contributed by atoms with Gasteiger partial charge in [0, 0.05) is 5.56 Å². The summed E-state index contributed by atoms with van der Waals surface area (Å²) in [6, 6.07) is 6.60. The molecule has 0 spiro atoms. The summed E-state index contributed by atoms with van der Waals surface area (Å²) < 4.78 is 0. The van der Waals surface area contributed by atoms with Crippen LogP contribution in [0.1, 0.15) is 17.5 Å². The van der Waals surface area contributed by atoms with Gasteiger partial charge in [0.05, 0.1) is 5.51 Å². The lowest BCUT2D eigenvalue weighted by molar-refractivity contribution is 0.912. The zero-order chi connectivity index (χ0) is 10.3. The summed E-state index contributed by atoms with van der Waals surface area (Å²) in [6.07, 6.45) is 3.71. The van der Waals surface area contributed by atoms with Gasteiger partial charge in [-0.05, 0) is 36.5 Å². The lowest BCUT2D eigenvalue weighted by Crippen LogP contribution is -1.88. The van der Waals surface area contributed by atoms with Gasteiger partial charge in [-0.3, -0.25) is 0 Å². The van der Waals surface area contributed by atoms with Crippen molar-refractivity contribution in [3.8, 4) is 11.3 Å². The van der Waals surface area contributed by atoms with Crippen molar-refractivity contribution in [2.45, 2.75) is 19.3 Å². The number of aryl methyl sites for hydroxylation is 2. The van der Waals surface area contributed by atoms with Crippen LogP contribution in [0, 0.1) is 0 Å². The number of fused-ring (bicyclic) bond motifs is 1. The van der Waals surface area contributed by atoms with Crippen molar-refractivity contribution >= 4 is 16.3 Å². The average Bonchev–Trinajstić information content (AvgIpc) is 2.84. The van der Waals surface area contributed by atoms with Crippen LogP contribution in [0.25, 0.3) is 11.3 Å². The molecule has 1 aromatic carbocycles. The molecule has 0 radical (unpaired) electrons. The van der Waals surface area contributed by atoms with Crippen LogP contribution in [0.4, 0.5) is 5.00 Å². The molecule has 2 N–H and O–H groups in total. The van der Waals surface area contributed by atoms with Gasteiger partial charge in [-0.2, -0.15) is 0 Å². The summed E-state index contributed by atoms with van der Waals surface area (Å²) in [5.41, 5.74) is 12.7. The second kappa shape index (κ2) is 3.35. The molecule has 2 aromatic rings. The fourth-order valence-corrected chi connectivity index (χ4v) is 2.75. The van der Waals surface area contributed by atoms with Crippen LogP contribution in [-0.4, -0.2) is 4.98 Å². The molecule has 0 saturated heterocycles. The van der Waals surface area contributed by atoms with Gasteiger partial charge in [0.15, 0.2) is 0 Å². The first-order valence-corrected chi connectivity index (χ1v) is 6.04. The van der Waals surface area contributed by atoms with Crippen LogP contribution in [0.3, 0.4) is 0 Å². The van der Waals surface area contributed by atoms with Gasteiger partial charge in [0.25, 0.3) is 0 Å². The van der Waals surface area contributed by atoms with Crippen molar-refractivity contribution in [2.75, 3.05) is 5.73 Å². The molecule has 3 rings (SSSR count). The predicted octanol–water partition coefficient (Wildman–Crippen LogP) is 2.88. The molecule has 1 aromatic heterocycles. The molecule has 0 bridgehead atoms. The summed E-state index contributed by atoms with van der Waals surface area (Å²) in [5, 5.41) is 0.813. The predicted molar refractivity (Wildman–Crippen MR) is 64.0 cm³/mol. The quantitative estimate of drug-likeness (QED) is 0.796. The second-order valence-corrected chi connectivity index (χ2v) is 4.79. The molecule has 0 amide bonds. The molecule has 2 nitrogen and oxygen atoms in total. The van der Waals surface area contributed by atoms with Crippen LogP contribution in [0.2, 0.25) is 0 Å². The van der Waals surface area contributed by atoms with Gasteiger partial charge < -0.3 is 5.73 Å². The molecule has 1 aliphatic rings. The van der Waals surface area contributed by atoms with E-state index in [2.05, 4.69) is 23.2 Å². The van der Waals surface area contributed by atoms with Gasteiger partial charge in [-0.15, -0.1) is 11.3 Å². The highest BCUT2D eigenvalue weighted by Crippen LogP contribution is 2.31. The van der Waals surface area contributed by atoms with Crippen molar-refractivity contribution in [3.63, 3.8) is 0 Å². The largest absolute Gasteiger partial charge is 0.389 e. The van der Waals surface area contributed by atoms with Crippen LogP contribution in [0.15, 0.2) is 23.7 Å². The van der Waals surface area contributed by atoms with E-state index in [1.165, 1.54) is 41.7 Å². The number of benzene rings is 1. The number of aromatic nitrogens is 1. The standard InChI is InChI=1S/C12H12N2S/c13-12-11(14-7-15-12)10-5-4-8-2-1-3-9(8)6-10/h4-7H,1-3,13H2. The second-order valence-electron chi connectivity index (χ2n) is 3.90. The maximum Gasteiger partial charge on any atom is 0.114 e. The molecule has 0 aliphatic heterocycles. The monoisotopic (exact) mass is 216 g/mol. The van der Waals surface area contributed by atoms with Crippen LogP contribution >= 0.6 is 11.3 Å². The van der Waals surface area contributed by atoms with E-state index in [0.717, 1.165) is 16.3 Å². The molecular formula is C12H12N2S. The first-order chi connectivity index (χ1) is 7.34. The fourth-order valence-electron chi connectivity index (χ4n) is 2.19. The molecule has 0 saturated carbocycles. The first-order valence-electron chi connectivity index (χ1n) is 5.16. The van der Waals surface area contributed by atoms with Gasteiger partial charge in [-0.25, -0.2) is 4.98 Å².